The smallest absolute Gasteiger partial charge is 0.218 e. The van der Waals surface area contributed by atoms with Crippen LogP contribution in [0.4, 0.5) is 5.95 Å². The second kappa shape index (κ2) is 3.31. The van der Waals surface area contributed by atoms with E-state index in [1.807, 2.05) is 0 Å². The van der Waals surface area contributed by atoms with E-state index in [4.69, 9.17) is 5.84 Å². The molecule has 0 aliphatic carbocycles. The average molecular weight is 190 g/mol. The number of fused-ring (bicyclic) bond motifs is 1. The molecule has 0 spiro atoms. The van der Waals surface area contributed by atoms with Crippen molar-refractivity contribution in [3.8, 4) is 0 Å². The topological polar surface area (TPSA) is 55.9 Å². The predicted octanol–water partition coefficient (Wildman–Crippen LogP) is 1.65. The zero-order chi connectivity index (χ0) is 10.1. The number of nitrogens with zero attached hydrogens (tertiary/aromatic N) is 2. The molecule has 0 unspecified atom stereocenters. The molecule has 2 rings (SSSR count). The van der Waals surface area contributed by atoms with Crippen molar-refractivity contribution in [3.63, 3.8) is 0 Å². The molecule has 14 heavy (non-hydrogen) atoms. The Hall–Kier alpha value is -1.55. The summed E-state index contributed by atoms with van der Waals surface area (Å²) < 4.78 is 2.05. The normalized spacial score (nSPS) is 10.8. The number of aryl methyl sites for hydroxylation is 2. The van der Waals surface area contributed by atoms with Crippen LogP contribution in [0.25, 0.3) is 11.0 Å². The lowest BCUT2D eigenvalue weighted by molar-refractivity contribution is 0.791. The zero-order valence-electron chi connectivity index (χ0n) is 8.41. The number of nitrogens with one attached hydrogen (secondary N) is 1. The molecule has 4 heteroatoms. The summed E-state index contributed by atoms with van der Waals surface area (Å²) in [4.78, 5) is 4.39. The lowest BCUT2D eigenvalue weighted by Crippen LogP contribution is -2.12. The number of benzene rings is 1. The number of nitrogen functional groups attached to an aromatic ring is 1. The van der Waals surface area contributed by atoms with E-state index < -0.39 is 0 Å². The lowest BCUT2D eigenvalue weighted by Gasteiger charge is -2.03. The van der Waals surface area contributed by atoms with Gasteiger partial charge in [-0.05, 0) is 31.5 Å². The van der Waals surface area contributed by atoms with Gasteiger partial charge in [0.2, 0.25) is 5.95 Å². The van der Waals surface area contributed by atoms with Gasteiger partial charge in [-0.3, -0.25) is 5.43 Å². The average Bonchev–Trinajstić information content (AvgIpc) is 2.54. The van der Waals surface area contributed by atoms with Gasteiger partial charge in [-0.1, -0.05) is 6.07 Å². The van der Waals surface area contributed by atoms with Crippen LogP contribution in [0, 0.1) is 6.92 Å². The highest BCUT2D eigenvalue weighted by atomic mass is 15.3. The van der Waals surface area contributed by atoms with Crippen LogP contribution >= 0.6 is 0 Å². The Morgan fingerprint density at radius 3 is 2.93 bits per heavy atom. The highest BCUT2D eigenvalue weighted by Gasteiger charge is 2.07. The molecule has 0 radical (unpaired) electrons. The quantitative estimate of drug-likeness (QED) is 0.559. The molecular formula is C10H14N4. The summed E-state index contributed by atoms with van der Waals surface area (Å²) in [6.45, 7) is 4.99. The number of hydrogen-bond acceptors (Lipinski definition) is 3. The molecule has 0 amide bonds. The standard InChI is InChI=1S/C10H14N4/c1-3-14-9-5-4-7(2)6-8(9)12-10(14)13-11/h4-6H,3,11H2,1-2H3,(H,12,13). The number of hydrazine groups is 1. The Morgan fingerprint density at radius 1 is 1.50 bits per heavy atom. The summed E-state index contributed by atoms with van der Waals surface area (Å²) in [5.41, 5.74) is 5.92. The number of hydrogen-bond donors (Lipinski definition) is 2. The van der Waals surface area contributed by atoms with Gasteiger partial charge in [0.25, 0.3) is 0 Å². The summed E-state index contributed by atoms with van der Waals surface area (Å²) in [5.74, 6) is 6.11. The minimum Gasteiger partial charge on any atom is -0.309 e. The van der Waals surface area contributed by atoms with Gasteiger partial charge in [0, 0.05) is 6.54 Å². The Bertz CT molecular complexity index is 458. The maximum atomic E-state index is 5.39. The van der Waals surface area contributed by atoms with Crippen molar-refractivity contribution in [2.75, 3.05) is 5.43 Å². The SMILES string of the molecule is CCn1c(NN)nc2cc(C)ccc21. The molecular weight excluding hydrogens is 176 g/mol. The molecule has 74 valence electrons. The summed E-state index contributed by atoms with van der Waals surface area (Å²) in [7, 11) is 0. The van der Waals surface area contributed by atoms with Gasteiger partial charge in [0.15, 0.2) is 0 Å². The molecule has 0 aliphatic heterocycles. The molecule has 3 N–H and O–H groups in total. The van der Waals surface area contributed by atoms with Crippen LogP contribution in [-0.2, 0) is 6.54 Å². The van der Waals surface area contributed by atoms with Crippen LogP contribution in [0.5, 0.6) is 0 Å². The number of rotatable bonds is 2. The van der Waals surface area contributed by atoms with E-state index in [0.29, 0.717) is 5.95 Å². The van der Waals surface area contributed by atoms with E-state index in [9.17, 15) is 0 Å². The van der Waals surface area contributed by atoms with Crippen LogP contribution in [0.1, 0.15) is 12.5 Å². The number of nitrogens with two attached hydrogens (primary N) is 1. The molecule has 0 bridgehead atoms. The summed E-state index contributed by atoms with van der Waals surface area (Å²) in [6, 6.07) is 6.21. The lowest BCUT2D eigenvalue weighted by atomic mass is 10.2. The fourth-order valence-electron chi connectivity index (χ4n) is 1.67. The molecule has 4 nitrogen and oxygen atoms in total. The van der Waals surface area contributed by atoms with E-state index in [-0.39, 0.29) is 0 Å². The van der Waals surface area contributed by atoms with Crippen molar-refractivity contribution in [3.05, 3.63) is 23.8 Å². The van der Waals surface area contributed by atoms with E-state index in [2.05, 4.69) is 47.0 Å². The first-order valence-electron chi connectivity index (χ1n) is 4.69. The largest absolute Gasteiger partial charge is 0.309 e. The molecule has 0 aliphatic rings. The molecule has 1 aromatic heterocycles. The minimum atomic E-state index is 0.716. The van der Waals surface area contributed by atoms with Gasteiger partial charge < -0.3 is 4.57 Å². The van der Waals surface area contributed by atoms with E-state index >= 15 is 0 Å². The van der Waals surface area contributed by atoms with Crippen molar-refractivity contribution >= 4 is 17.0 Å². The first-order valence-corrected chi connectivity index (χ1v) is 4.69. The van der Waals surface area contributed by atoms with Crippen LogP contribution < -0.4 is 11.3 Å². The van der Waals surface area contributed by atoms with Gasteiger partial charge in [-0.25, -0.2) is 10.8 Å². The zero-order valence-corrected chi connectivity index (χ0v) is 8.41. The van der Waals surface area contributed by atoms with Gasteiger partial charge in [-0.2, -0.15) is 0 Å². The Kier molecular flexibility index (Phi) is 2.13. The Labute approximate surface area is 82.7 Å². The number of imidazole rings is 1. The summed E-state index contributed by atoms with van der Waals surface area (Å²) >= 11 is 0. The second-order valence-electron chi connectivity index (χ2n) is 3.32. The molecule has 0 fully saturated rings. The molecule has 0 saturated carbocycles. The van der Waals surface area contributed by atoms with Crippen molar-refractivity contribution in [2.24, 2.45) is 5.84 Å². The van der Waals surface area contributed by atoms with Crippen LogP contribution in [0.15, 0.2) is 18.2 Å². The fraction of sp³-hybridized carbons (Fsp3) is 0.300. The van der Waals surface area contributed by atoms with Crippen LogP contribution in [0.2, 0.25) is 0 Å². The van der Waals surface area contributed by atoms with Gasteiger partial charge in [0.1, 0.15) is 0 Å². The highest BCUT2D eigenvalue weighted by molar-refractivity contribution is 5.79. The first-order chi connectivity index (χ1) is 6.76. The fourth-order valence-corrected chi connectivity index (χ4v) is 1.67. The molecule has 1 aromatic carbocycles. The summed E-state index contributed by atoms with van der Waals surface area (Å²) in [6.07, 6.45) is 0. The van der Waals surface area contributed by atoms with Gasteiger partial charge >= 0.3 is 0 Å². The van der Waals surface area contributed by atoms with Crippen LogP contribution in [0.3, 0.4) is 0 Å². The van der Waals surface area contributed by atoms with Crippen molar-refractivity contribution < 1.29 is 0 Å². The summed E-state index contributed by atoms with van der Waals surface area (Å²) in [5, 5.41) is 0. The highest BCUT2D eigenvalue weighted by Crippen LogP contribution is 2.19. The predicted molar refractivity (Wildman–Crippen MR) is 58.0 cm³/mol. The maximum absolute atomic E-state index is 5.39. The number of aromatic nitrogens is 2. The molecule has 1 heterocycles. The van der Waals surface area contributed by atoms with Crippen molar-refractivity contribution in [1.29, 1.82) is 0 Å². The van der Waals surface area contributed by atoms with Gasteiger partial charge in [-0.15, -0.1) is 0 Å². The molecule has 2 aromatic rings. The Morgan fingerprint density at radius 2 is 2.29 bits per heavy atom. The third-order valence-corrected chi connectivity index (χ3v) is 2.35. The second-order valence-corrected chi connectivity index (χ2v) is 3.32. The van der Waals surface area contributed by atoms with E-state index in [1.165, 1.54) is 5.56 Å². The van der Waals surface area contributed by atoms with Crippen molar-refractivity contribution in [1.82, 2.24) is 9.55 Å². The van der Waals surface area contributed by atoms with Gasteiger partial charge in [0.05, 0.1) is 11.0 Å². The maximum Gasteiger partial charge on any atom is 0.218 e. The molecule has 0 saturated heterocycles. The van der Waals surface area contributed by atoms with Crippen LogP contribution in [-0.4, -0.2) is 9.55 Å². The van der Waals surface area contributed by atoms with Crippen molar-refractivity contribution in [2.45, 2.75) is 20.4 Å². The Balaban J connectivity index is 2.73. The number of anilines is 1. The monoisotopic (exact) mass is 190 g/mol. The molecule has 0 atom stereocenters. The van der Waals surface area contributed by atoms with E-state index in [0.717, 1.165) is 17.6 Å². The first kappa shape index (κ1) is 9.02. The van der Waals surface area contributed by atoms with E-state index in [1.54, 1.807) is 0 Å². The minimum absolute atomic E-state index is 0.716. The third-order valence-electron chi connectivity index (χ3n) is 2.35. The third kappa shape index (κ3) is 1.24.